The van der Waals surface area contributed by atoms with E-state index in [1.807, 2.05) is 79.0 Å². The Morgan fingerprint density at radius 1 is 0.795 bits per heavy atom. The Bertz CT molecular complexity index is 1570. The van der Waals surface area contributed by atoms with Gasteiger partial charge >= 0.3 is 0 Å². The molecular weight excluding hydrogens is 511 g/mol. The van der Waals surface area contributed by atoms with E-state index >= 15 is 0 Å². The van der Waals surface area contributed by atoms with E-state index in [-0.39, 0.29) is 17.9 Å². The summed E-state index contributed by atoms with van der Waals surface area (Å²) in [5.74, 6) is 1.91. The molecule has 8 heteroatoms. The topological polar surface area (TPSA) is 51.6 Å². The smallest absolute Gasteiger partial charge is 0.174 e. The number of hydrogen-bond donors (Lipinski definition) is 1. The number of nitrogens with zero attached hydrogens (tertiary/aromatic N) is 3. The van der Waals surface area contributed by atoms with Crippen LogP contribution in [0.15, 0.2) is 116 Å². The van der Waals surface area contributed by atoms with Crippen molar-refractivity contribution in [2.24, 2.45) is 0 Å². The van der Waals surface area contributed by atoms with Crippen molar-refractivity contribution < 1.29 is 13.9 Å². The molecule has 2 atom stereocenters. The summed E-state index contributed by atoms with van der Waals surface area (Å²) in [4.78, 5) is 6.73. The molecule has 2 aromatic heterocycles. The van der Waals surface area contributed by atoms with Crippen molar-refractivity contribution in [2.45, 2.75) is 12.1 Å². The number of nitrogens with one attached hydrogen (secondary N) is 1. The van der Waals surface area contributed by atoms with Crippen LogP contribution in [0.4, 0.5) is 10.1 Å². The molecule has 6 rings (SSSR count). The summed E-state index contributed by atoms with van der Waals surface area (Å²) in [6, 6.07) is 31.2. The second-order valence-corrected chi connectivity index (χ2v) is 9.43. The first kappa shape index (κ1) is 24.6. The Kier molecular flexibility index (Phi) is 6.69. The van der Waals surface area contributed by atoms with Crippen molar-refractivity contribution in [3.8, 4) is 22.9 Å². The van der Waals surface area contributed by atoms with Gasteiger partial charge in [0.15, 0.2) is 5.11 Å². The fourth-order valence-corrected chi connectivity index (χ4v) is 5.21. The molecule has 1 fully saturated rings. The fraction of sp³-hybridized carbons (Fsp3) is 0.0968. The van der Waals surface area contributed by atoms with Gasteiger partial charge in [-0.05, 0) is 109 Å². The van der Waals surface area contributed by atoms with Gasteiger partial charge < -0.3 is 24.3 Å². The van der Waals surface area contributed by atoms with Crippen LogP contribution in [0.2, 0.25) is 0 Å². The van der Waals surface area contributed by atoms with Crippen LogP contribution in [0.5, 0.6) is 17.2 Å². The summed E-state index contributed by atoms with van der Waals surface area (Å²) in [6.07, 6.45) is 3.76. The number of methoxy groups -OCH3 is 1. The number of ether oxygens (including phenoxy) is 2. The molecule has 6 nitrogen and oxygen atoms in total. The third-order valence-electron chi connectivity index (χ3n) is 6.70. The minimum absolute atomic E-state index is 0.206. The number of rotatable bonds is 7. The van der Waals surface area contributed by atoms with Gasteiger partial charge in [-0.2, -0.15) is 0 Å². The van der Waals surface area contributed by atoms with E-state index in [0.717, 1.165) is 28.5 Å². The molecule has 0 radical (unpaired) electrons. The predicted octanol–water partition coefficient (Wildman–Crippen LogP) is 6.99. The Labute approximate surface area is 231 Å². The van der Waals surface area contributed by atoms with Crippen molar-refractivity contribution >= 4 is 23.0 Å². The average molecular weight is 537 g/mol. The van der Waals surface area contributed by atoms with Crippen molar-refractivity contribution in [3.63, 3.8) is 0 Å². The average Bonchev–Trinajstić information content (AvgIpc) is 3.59. The number of benzene rings is 3. The maximum atomic E-state index is 13.7. The van der Waals surface area contributed by atoms with E-state index in [1.165, 1.54) is 12.1 Å². The molecule has 39 heavy (non-hydrogen) atoms. The lowest BCUT2D eigenvalue weighted by atomic mass is 10.0. The van der Waals surface area contributed by atoms with Gasteiger partial charge in [-0.15, -0.1) is 0 Å². The van der Waals surface area contributed by atoms with E-state index in [9.17, 15) is 4.39 Å². The van der Waals surface area contributed by atoms with Crippen LogP contribution < -0.4 is 19.7 Å². The Morgan fingerprint density at radius 2 is 1.46 bits per heavy atom. The second-order valence-electron chi connectivity index (χ2n) is 9.05. The van der Waals surface area contributed by atoms with Crippen molar-refractivity contribution in [2.75, 3.05) is 12.0 Å². The van der Waals surface area contributed by atoms with Crippen molar-refractivity contribution in [3.05, 3.63) is 133 Å². The van der Waals surface area contributed by atoms with Crippen LogP contribution in [-0.2, 0) is 0 Å². The molecule has 0 spiro atoms. The van der Waals surface area contributed by atoms with Crippen molar-refractivity contribution in [1.82, 2.24) is 14.9 Å². The summed E-state index contributed by atoms with van der Waals surface area (Å²) in [5, 5.41) is 4.08. The van der Waals surface area contributed by atoms with Gasteiger partial charge in [0.05, 0.1) is 18.8 Å². The predicted molar refractivity (Wildman–Crippen MR) is 153 cm³/mol. The maximum absolute atomic E-state index is 13.7. The lowest BCUT2D eigenvalue weighted by Gasteiger charge is -2.29. The van der Waals surface area contributed by atoms with Gasteiger partial charge in [-0.3, -0.25) is 4.98 Å². The highest BCUT2D eigenvalue weighted by Crippen LogP contribution is 2.42. The molecular formula is C31H25FN4O2S. The summed E-state index contributed by atoms with van der Waals surface area (Å²) in [5.41, 5.74) is 3.63. The van der Waals surface area contributed by atoms with Crippen LogP contribution in [0, 0.1) is 5.82 Å². The van der Waals surface area contributed by atoms with Gasteiger partial charge in [0.1, 0.15) is 29.1 Å². The second kappa shape index (κ2) is 10.6. The van der Waals surface area contributed by atoms with Crippen LogP contribution in [-0.4, -0.2) is 21.8 Å². The van der Waals surface area contributed by atoms with Crippen LogP contribution in [0.3, 0.4) is 0 Å². The zero-order valence-electron chi connectivity index (χ0n) is 21.1. The zero-order valence-corrected chi connectivity index (χ0v) is 21.9. The van der Waals surface area contributed by atoms with Gasteiger partial charge in [-0.25, -0.2) is 4.39 Å². The molecule has 3 aromatic carbocycles. The molecule has 194 valence electrons. The van der Waals surface area contributed by atoms with Gasteiger partial charge in [0, 0.05) is 29.5 Å². The molecule has 1 aliphatic rings. The Balaban J connectivity index is 1.36. The minimum atomic E-state index is -0.277. The maximum Gasteiger partial charge on any atom is 0.174 e. The largest absolute Gasteiger partial charge is 0.497 e. The Morgan fingerprint density at radius 3 is 2.13 bits per heavy atom. The quantitative estimate of drug-likeness (QED) is 0.226. The molecule has 1 N–H and O–H groups in total. The summed E-state index contributed by atoms with van der Waals surface area (Å²) >= 11 is 5.87. The SMILES string of the molecule is COc1ccc(Oc2ccc(N3C(=S)N[C@@H](c4ccccn4)[C@@H]3c3cccn3-c3ccc(F)cc3)cc2)cc1. The lowest BCUT2D eigenvalue weighted by molar-refractivity contribution is 0.413. The van der Waals surface area contributed by atoms with E-state index in [0.29, 0.717) is 16.6 Å². The van der Waals surface area contributed by atoms with Crippen LogP contribution >= 0.6 is 12.2 Å². The van der Waals surface area contributed by atoms with E-state index in [2.05, 4.69) is 25.8 Å². The first-order valence-electron chi connectivity index (χ1n) is 12.5. The van der Waals surface area contributed by atoms with E-state index in [1.54, 1.807) is 25.4 Å². The summed E-state index contributed by atoms with van der Waals surface area (Å²) < 4.78 is 27.0. The number of hydrogen-bond acceptors (Lipinski definition) is 4. The molecule has 1 aliphatic heterocycles. The molecule has 0 amide bonds. The van der Waals surface area contributed by atoms with Crippen molar-refractivity contribution in [1.29, 1.82) is 0 Å². The first-order valence-corrected chi connectivity index (χ1v) is 12.9. The molecule has 3 heterocycles. The Hall–Kier alpha value is -4.69. The first-order chi connectivity index (χ1) is 19.1. The number of thiocarbonyl (C=S) groups is 1. The molecule has 0 aliphatic carbocycles. The van der Waals surface area contributed by atoms with Crippen LogP contribution in [0.1, 0.15) is 23.5 Å². The number of pyridine rings is 1. The molecule has 0 unspecified atom stereocenters. The third kappa shape index (κ3) is 4.94. The standard InChI is InChI=1S/C31H25FN4O2S/c1-37-24-15-17-26(18-16-24)38-25-13-11-23(12-14-25)36-30(29(34-31(36)39)27-5-2-3-19-33-27)28-6-4-20-35(28)22-9-7-21(32)8-10-22/h2-20,29-30H,1H3,(H,34,39)/t29-,30-/m0/s1. The molecule has 0 saturated carbocycles. The highest BCUT2D eigenvalue weighted by Gasteiger charge is 2.42. The molecule has 1 saturated heterocycles. The monoisotopic (exact) mass is 536 g/mol. The third-order valence-corrected chi connectivity index (χ3v) is 7.01. The lowest BCUT2D eigenvalue weighted by Crippen LogP contribution is -2.30. The van der Waals surface area contributed by atoms with E-state index in [4.69, 9.17) is 21.7 Å². The number of halogens is 1. The molecule has 0 bridgehead atoms. The van der Waals surface area contributed by atoms with E-state index < -0.39 is 0 Å². The zero-order chi connectivity index (χ0) is 26.8. The summed E-state index contributed by atoms with van der Waals surface area (Å²) in [7, 11) is 1.63. The number of anilines is 1. The van der Waals surface area contributed by atoms with Crippen LogP contribution in [0.25, 0.3) is 5.69 Å². The highest BCUT2D eigenvalue weighted by atomic mass is 32.1. The molecule has 5 aromatic rings. The highest BCUT2D eigenvalue weighted by molar-refractivity contribution is 7.80. The van der Waals surface area contributed by atoms with Gasteiger partial charge in [0.2, 0.25) is 0 Å². The van der Waals surface area contributed by atoms with Gasteiger partial charge in [-0.1, -0.05) is 6.07 Å². The summed E-state index contributed by atoms with van der Waals surface area (Å²) in [6.45, 7) is 0. The number of aromatic nitrogens is 2. The normalized spacial score (nSPS) is 16.7. The van der Waals surface area contributed by atoms with Gasteiger partial charge in [0.25, 0.3) is 0 Å². The fourth-order valence-electron chi connectivity index (χ4n) is 4.86. The minimum Gasteiger partial charge on any atom is -0.497 e.